The topological polar surface area (TPSA) is 82.0 Å². The predicted octanol–water partition coefficient (Wildman–Crippen LogP) is 4.42. The van der Waals surface area contributed by atoms with Gasteiger partial charge >= 0.3 is 5.97 Å². The molecule has 0 spiro atoms. The average Bonchev–Trinajstić information content (AvgIpc) is 3.42. The minimum Gasteiger partial charge on any atom is -0.481 e. The number of aliphatic hydroxyl groups is 1. The van der Waals surface area contributed by atoms with E-state index in [0.717, 1.165) is 40.7 Å². The van der Waals surface area contributed by atoms with Crippen LogP contribution in [0.3, 0.4) is 0 Å². The highest BCUT2D eigenvalue weighted by atomic mass is 35.5. The van der Waals surface area contributed by atoms with E-state index in [-0.39, 0.29) is 19.1 Å². The van der Waals surface area contributed by atoms with Crippen LogP contribution >= 0.6 is 22.9 Å². The Bertz CT molecular complexity index is 906. The molecule has 0 bridgehead atoms. The number of nitrogens with zero attached hydrogens (tertiary/aromatic N) is 1. The number of aryl methyl sites for hydroxylation is 2. The number of aliphatic hydroxyl groups excluding tert-OH is 1. The summed E-state index contributed by atoms with van der Waals surface area (Å²) in [6, 6.07) is 8.75. The third kappa shape index (κ3) is 8.05. The lowest BCUT2D eigenvalue weighted by Gasteiger charge is -2.26. The molecule has 3 atom stereocenters. The van der Waals surface area contributed by atoms with Gasteiger partial charge in [-0.25, -0.2) is 0 Å². The van der Waals surface area contributed by atoms with Crippen molar-refractivity contribution in [2.45, 2.75) is 64.2 Å². The molecule has 0 amide bonds. The zero-order valence-electron chi connectivity index (χ0n) is 19.4. The van der Waals surface area contributed by atoms with Crippen LogP contribution in [0.15, 0.2) is 29.6 Å². The molecule has 1 aliphatic rings. The first kappa shape index (κ1) is 26.1. The maximum absolute atomic E-state index is 10.8. The maximum atomic E-state index is 10.8. The molecular formula is C25H35ClN2O4S. The summed E-state index contributed by atoms with van der Waals surface area (Å²) in [6.07, 6.45) is 3.16. The van der Waals surface area contributed by atoms with Gasteiger partial charge in [-0.2, -0.15) is 0 Å². The Morgan fingerprint density at radius 3 is 2.97 bits per heavy atom. The fraction of sp³-hybridized carbons (Fsp3) is 0.560. The maximum Gasteiger partial charge on any atom is 0.303 e. The first-order valence-electron chi connectivity index (χ1n) is 11.6. The van der Waals surface area contributed by atoms with Crippen molar-refractivity contribution in [3.8, 4) is 0 Å². The summed E-state index contributed by atoms with van der Waals surface area (Å²) in [5.41, 5.74) is 3.38. The number of hydrogen-bond acceptors (Lipinski definition) is 6. The van der Waals surface area contributed by atoms with Crippen LogP contribution < -0.4 is 5.32 Å². The van der Waals surface area contributed by atoms with Crippen molar-refractivity contribution in [3.05, 3.63) is 56.2 Å². The number of hydrogen-bond donors (Lipinski definition) is 3. The molecule has 1 aromatic heterocycles. The van der Waals surface area contributed by atoms with Gasteiger partial charge < -0.3 is 20.3 Å². The molecule has 33 heavy (non-hydrogen) atoms. The van der Waals surface area contributed by atoms with Crippen molar-refractivity contribution in [3.63, 3.8) is 0 Å². The van der Waals surface area contributed by atoms with E-state index >= 15 is 0 Å². The number of carbonyl (C=O) groups is 1. The molecule has 3 N–H and O–H groups in total. The van der Waals surface area contributed by atoms with E-state index < -0.39 is 12.1 Å². The molecule has 3 rings (SSSR count). The average molecular weight is 495 g/mol. The molecule has 1 aliphatic heterocycles. The lowest BCUT2D eigenvalue weighted by atomic mass is 10.0. The van der Waals surface area contributed by atoms with E-state index in [9.17, 15) is 9.90 Å². The van der Waals surface area contributed by atoms with E-state index in [1.54, 1.807) is 11.3 Å². The number of benzene rings is 1. The number of ether oxygens (including phenoxy) is 1. The molecule has 8 heteroatoms. The lowest BCUT2D eigenvalue weighted by molar-refractivity contribution is -0.136. The van der Waals surface area contributed by atoms with Crippen LogP contribution in [0.1, 0.15) is 53.9 Å². The minimum absolute atomic E-state index is 0.109. The van der Waals surface area contributed by atoms with Crippen molar-refractivity contribution >= 4 is 28.9 Å². The van der Waals surface area contributed by atoms with Gasteiger partial charge in [-0.05, 0) is 80.3 Å². The molecule has 6 nitrogen and oxygen atoms in total. The van der Waals surface area contributed by atoms with E-state index in [0.29, 0.717) is 19.0 Å². The largest absolute Gasteiger partial charge is 0.481 e. The Balaban J connectivity index is 1.38. The number of likely N-dealkylation sites (tertiary alicyclic amines) is 1. The second-order valence-corrected chi connectivity index (χ2v) is 10.2. The summed E-state index contributed by atoms with van der Waals surface area (Å²) in [4.78, 5) is 14.3. The summed E-state index contributed by atoms with van der Waals surface area (Å²) in [6.45, 7) is 6.45. The van der Waals surface area contributed by atoms with E-state index in [1.807, 2.05) is 25.3 Å². The summed E-state index contributed by atoms with van der Waals surface area (Å²) in [5, 5.41) is 25.4. The normalized spacial score (nSPS) is 18.5. The van der Waals surface area contributed by atoms with Crippen LogP contribution in [-0.4, -0.2) is 59.6 Å². The minimum atomic E-state index is -0.801. The van der Waals surface area contributed by atoms with Gasteiger partial charge in [0.25, 0.3) is 0 Å². The Morgan fingerprint density at radius 2 is 2.21 bits per heavy atom. The highest BCUT2D eigenvalue weighted by molar-refractivity contribution is 7.10. The van der Waals surface area contributed by atoms with Crippen molar-refractivity contribution < 1.29 is 19.7 Å². The summed E-state index contributed by atoms with van der Waals surface area (Å²) in [5.74, 6) is -0.801. The smallest absolute Gasteiger partial charge is 0.303 e. The van der Waals surface area contributed by atoms with Gasteiger partial charge in [0.1, 0.15) is 0 Å². The van der Waals surface area contributed by atoms with Crippen LogP contribution in [-0.2, 0) is 22.4 Å². The standard InChI is InChI=1S/C25H35ClN2O4S/c1-17-5-6-19(13-23(17)26)12-21-4-3-10-28(21)16-27-14-22(29)15-32-18(2)25-20(9-11-33-25)7-8-24(30)31/h5-6,9,11,13,18,21-22,27,29H,3-4,7-8,10,12,14-16H2,1-2H3,(H,30,31)/t18?,21-,22+/m0/s1. The fourth-order valence-electron chi connectivity index (χ4n) is 4.29. The lowest BCUT2D eigenvalue weighted by Crippen LogP contribution is -2.42. The number of aliphatic carboxylic acids is 1. The number of thiophene rings is 1. The predicted molar refractivity (Wildman–Crippen MR) is 133 cm³/mol. The Hall–Kier alpha value is -1.48. The Labute approximate surface area is 205 Å². The van der Waals surface area contributed by atoms with Crippen LogP contribution in [0.5, 0.6) is 0 Å². The zero-order chi connectivity index (χ0) is 23.8. The Kier molecular flexibility index (Phi) is 10.2. The van der Waals surface area contributed by atoms with Gasteiger partial charge in [0.05, 0.1) is 18.8 Å². The van der Waals surface area contributed by atoms with Crippen LogP contribution in [0, 0.1) is 6.92 Å². The molecule has 1 unspecified atom stereocenters. The molecule has 0 saturated carbocycles. The van der Waals surface area contributed by atoms with Crippen LogP contribution in [0.2, 0.25) is 5.02 Å². The van der Waals surface area contributed by atoms with Crippen LogP contribution in [0.25, 0.3) is 0 Å². The van der Waals surface area contributed by atoms with E-state index in [2.05, 4.69) is 28.4 Å². The summed E-state index contributed by atoms with van der Waals surface area (Å²) < 4.78 is 5.89. The van der Waals surface area contributed by atoms with Gasteiger partial charge in [0, 0.05) is 35.6 Å². The first-order valence-corrected chi connectivity index (χ1v) is 12.9. The second kappa shape index (κ2) is 12.8. The highest BCUT2D eigenvalue weighted by Gasteiger charge is 2.24. The fourth-order valence-corrected chi connectivity index (χ4v) is 5.45. The SMILES string of the molecule is Cc1ccc(C[C@@H]2CCCN2CNC[C@@H](O)COC(C)c2sccc2CCC(=O)O)cc1Cl. The zero-order valence-corrected chi connectivity index (χ0v) is 21.0. The summed E-state index contributed by atoms with van der Waals surface area (Å²) in [7, 11) is 0. The van der Waals surface area contributed by atoms with Gasteiger partial charge in [-0.15, -0.1) is 11.3 Å². The van der Waals surface area contributed by atoms with E-state index in [4.69, 9.17) is 21.4 Å². The quantitative estimate of drug-likeness (QED) is 0.382. The number of carboxylic acids is 1. The highest BCUT2D eigenvalue weighted by Crippen LogP contribution is 2.28. The molecule has 0 aliphatic carbocycles. The van der Waals surface area contributed by atoms with Crippen molar-refractivity contribution in [1.29, 1.82) is 0 Å². The number of nitrogens with one attached hydrogen (secondary N) is 1. The van der Waals surface area contributed by atoms with Gasteiger partial charge in [0.15, 0.2) is 0 Å². The number of halogens is 1. The first-order chi connectivity index (χ1) is 15.8. The van der Waals surface area contributed by atoms with Crippen molar-refractivity contribution in [2.75, 3.05) is 26.4 Å². The molecule has 1 aromatic carbocycles. The molecule has 1 fully saturated rings. The second-order valence-electron chi connectivity index (χ2n) is 8.84. The van der Waals surface area contributed by atoms with Gasteiger partial charge in [0.2, 0.25) is 0 Å². The monoisotopic (exact) mass is 494 g/mol. The summed E-state index contributed by atoms with van der Waals surface area (Å²) >= 11 is 7.85. The number of rotatable bonds is 13. The molecule has 2 heterocycles. The third-order valence-corrected chi connectivity index (χ3v) is 7.73. The number of carboxylic acid groups (broad SMARTS) is 1. The molecular weight excluding hydrogens is 460 g/mol. The van der Waals surface area contributed by atoms with E-state index in [1.165, 1.54) is 18.4 Å². The Morgan fingerprint density at radius 1 is 1.39 bits per heavy atom. The third-order valence-electron chi connectivity index (χ3n) is 6.20. The molecule has 1 saturated heterocycles. The van der Waals surface area contributed by atoms with Crippen molar-refractivity contribution in [2.24, 2.45) is 0 Å². The van der Waals surface area contributed by atoms with Crippen LogP contribution in [0.4, 0.5) is 0 Å². The molecule has 182 valence electrons. The molecule has 2 aromatic rings. The molecule has 0 radical (unpaired) electrons. The van der Waals surface area contributed by atoms with Gasteiger partial charge in [-0.3, -0.25) is 9.69 Å². The van der Waals surface area contributed by atoms with Crippen molar-refractivity contribution in [1.82, 2.24) is 10.2 Å². The van der Waals surface area contributed by atoms with Gasteiger partial charge in [-0.1, -0.05) is 23.7 Å².